The van der Waals surface area contributed by atoms with Crippen LogP contribution in [0.1, 0.15) is 42.3 Å². The maximum absolute atomic E-state index is 11.0. The van der Waals surface area contributed by atoms with Crippen LogP contribution in [0.5, 0.6) is 5.75 Å². The number of rotatable bonds is 4. The molecule has 0 atom stereocenters. The second-order valence-corrected chi connectivity index (χ2v) is 11.3. The van der Waals surface area contributed by atoms with Gasteiger partial charge in [0.2, 0.25) is 8.32 Å². The average molecular weight is 278 g/mol. The van der Waals surface area contributed by atoms with Crippen molar-refractivity contribution in [1.82, 2.24) is 0 Å². The molecule has 0 bridgehead atoms. The SMILES string of the molecule is Cc1cc(O[Si](C)(C)CC(C)(C)C)cc(C)c1C=O. The van der Waals surface area contributed by atoms with E-state index in [9.17, 15) is 4.79 Å². The second-order valence-electron chi connectivity index (χ2n) is 7.19. The number of hydrogen-bond donors (Lipinski definition) is 0. The van der Waals surface area contributed by atoms with Gasteiger partial charge in [0.15, 0.2) is 6.29 Å². The molecule has 2 nitrogen and oxygen atoms in total. The highest BCUT2D eigenvalue weighted by atomic mass is 28.4. The number of aryl methyl sites for hydroxylation is 2. The van der Waals surface area contributed by atoms with Crippen LogP contribution in [0.2, 0.25) is 19.1 Å². The van der Waals surface area contributed by atoms with Gasteiger partial charge in [-0.2, -0.15) is 0 Å². The molecule has 106 valence electrons. The highest BCUT2D eigenvalue weighted by Gasteiger charge is 2.31. The van der Waals surface area contributed by atoms with Gasteiger partial charge in [-0.25, -0.2) is 0 Å². The molecule has 19 heavy (non-hydrogen) atoms. The van der Waals surface area contributed by atoms with Crippen LogP contribution in [0.4, 0.5) is 0 Å². The Morgan fingerprint density at radius 3 is 2.00 bits per heavy atom. The zero-order chi connectivity index (χ0) is 14.8. The van der Waals surface area contributed by atoms with Crippen LogP contribution in [-0.2, 0) is 0 Å². The molecule has 0 saturated heterocycles. The maximum atomic E-state index is 11.0. The van der Waals surface area contributed by atoms with Crippen LogP contribution in [0, 0.1) is 19.3 Å². The van der Waals surface area contributed by atoms with Gasteiger partial charge in [0.05, 0.1) is 0 Å². The largest absolute Gasteiger partial charge is 0.544 e. The molecule has 0 radical (unpaired) electrons. The number of hydrogen-bond acceptors (Lipinski definition) is 2. The van der Waals surface area contributed by atoms with Gasteiger partial charge < -0.3 is 4.43 Å². The molecule has 0 aliphatic carbocycles. The molecular formula is C16H26O2Si. The van der Waals surface area contributed by atoms with Crippen LogP contribution in [0.15, 0.2) is 12.1 Å². The first-order valence-electron chi connectivity index (χ1n) is 6.79. The fourth-order valence-electron chi connectivity index (χ4n) is 2.81. The van der Waals surface area contributed by atoms with Crippen molar-refractivity contribution in [3.8, 4) is 5.75 Å². The zero-order valence-electron chi connectivity index (χ0n) is 13.3. The van der Waals surface area contributed by atoms with Crippen molar-refractivity contribution >= 4 is 14.6 Å². The van der Waals surface area contributed by atoms with Crippen LogP contribution < -0.4 is 4.43 Å². The minimum absolute atomic E-state index is 0.280. The summed E-state index contributed by atoms with van der Waals surface area (Å²) in [6.45, 7) is 15.2. The summed E-state index contributed by atoms with van der Waals surface area (Å²) in [6.07, 6.45) is 0.923. The first-order chi connectivity index (χ1) is 8.54. The molecule has 1 aromatic carbocycles. The van der Waals surface area contributed by atoms with Crippen molar-refractivity contribution in [2.24, 2.45) is 5.41 Å². The summed E-state index contributed by atoms with van der Waals surface area (Å²) in [5, 5.41) is 0. The van der Waals surface area contributed by atoms with Crippen LogP contribution in [-0.4, -0.2) is 14.6 Å². The molecule has 0 unspecified atom stereocenters. The summed E-state index contributed by atoms with van der Waals surface area (Å²) in [7, 11) is -1.74. The van der Waals surface area contributed by atoms with Crippen molar-refractivity contribution in [2.75, 3.05) is 0 Å². The summed E-state index contributed by atoms with van der Waals surface area (Å²) in [5.41, 5.74) is 3.04. The van der Waals surface area contributed by atoms with E-state index in [0.717, 1.165) is 34.8 Å². The molecule has 0 aromatic heterocycles. The lowest BCUT2D eigenvalue weighted by Crippen LogP contribution is -2.38. The lowest BCUT2D eigenvalue weighted by atomic mass is 10.0. The molecule has 0 fully saturated rings. The van der Waals surface area contributed by atoms with Crippen molar-refractivity contribution in [2.45, 2.75) is 53.8 Å². The van der Waals surface area contributed by atoms with E-state index >= 15 is 0 Å². The van der Waals surface area contributed by atoms with Gasteiger partial charge in [0.25, 0.3) is 0 Å². The van der Waals surface area contributed by atoms with E-state index in [-0.39, 0.29) is 5.41 Å². The van der Waals surface area contributed by atoms with Gasteiger partial charge >= 0.3 is 0 Å². The van der Waals surface area contributed by atoms with Crippen LogP contribution in [0.25, 0.3) is 0 Å². The Hall–Kier alpha value is -1.09. The van der Waals surface area contributed by atoms with E-state index < -0.39 is 8.32 Å². The predicted molar refractivity (Wildman–Crippen MR) is 83.7 cm³/mol. The monoisotopic (exact) mass is 278 g/mol. The van der Waals surface area contributed by atoms with E-state index in [1.165, 1.54) is 0 Å². The van der Waals surface area contributed by atoms with E-state index in [0.29, 0.717) is 0 Å². The number of carbonyl (C=O) groups is 1. The topological polar surface area (TPSA) is 26.3 Å². The van der Waals surface area contributed by atoms with Crippen molar-refractivity contribution in [3.63, 3.8) is 0 Å². The molecule has 0 amide bonds. The Labute approximate surface area is 118 Å². The highest BCUT2D eigenvalue weighted by Crippen LogP contribution is 2.30. The van der Waals surface area contributed by atoms with Gasteiger partial charge in [-0.1, -0.05) is 20.8 Å². The minimum atomic E-state index is -1.74. The second kappa shape index (κ2) is 5.49. The first-order valence-corrected chi connectivity index (χ1v) is 9.91. The molecular weight excluding hydrogens is 252 g/mol. The van der Waals surface area contributed by atoms with Crippen LogP contribution in [0.3, 0.4) is 0 Å². The molecule has 0 heterocycles. The number of aldehydes is 1. The Kier molecular flexibility index (Phi) is 4.61. The van der Waals surface area contributed by atoms with Gasteiger partial charge in [0, 0.05) is 5.56 Å². The standard InChI is InChI=1S/C16H26O2Si/c1-12-8-14(9-13(2)15(12)10-17)18-19(6,7)11-16(3,4)5/h8-10H,11H2,1-7H3. The van der Waals surface area contributed by atoms with Crippen molar-refractivity contribution < 1.29 is 9.22 Å². The molecule has 1 rings (SSSR count). The summed E-state index contributed by atoms with van der Waals surface area (Å²) in [4.78, 5) is 11.0. The molecule has 1 aromatic rings. The predicted octanol–water partition coefficient (Wildman–Crippen LogP) is 4.75. The summed E-state index contributed by atoms with van der Waals surface area (Å²) in [5.74, 6) is 0.904. The zero-order valence-corrected chi connectivity index (χ0v) is 14.3. The molecule has 0 N–H and O–H groups in total. The summed E-state index contributed by atoms with van der Waals surface area (Å²) >= 11 is 0. The third-order valence-corrected chi connectivity index (χ3v) is 5.74. The summed E-state index contributed by atoms with van der Waals surface area (Å²) < 4.78 is 6.26. The van der Waals surface area contributed by atoms with Gasteiger partial charge in [-0.05, 0) is 61.7 Å². The Morgan fingerprint density at radius 1 is 1.16 bits per heavy atom. The van der Waals surface area contributed by atoms with Crippen LogP contribution >= 0.6 is 0 Å². The van der Waals surface area contributed by atoms with Gasteiger partial charge in [-0.3, -0.25) is 4.79 Å². The normalized spacial score (nSPS) is 12.4. The van der Waals surface area contributed by atoms with Gasteiger partial charge in [0.1, 0.15) is 5.75 Å². The third-order valence-electron chi connectivity index (χ3n) is 3.04. The minimum Gasteiger partial charge on any atom is -0.544 e. The van der Waals surface area contributed by atoms with Crippen molar-refractivity contribution in [3.05, 3.63) is 28.8 Å². The quantitative estimate of drug-likeness (QED) is 0.587. The fraction of sp³-hybridized carbons (Fsp3) is 0.562. The maximum Gasteiger partial charge on any atom is 0.245 e. The Morgan fingerprint density at radius 2 is 1.63 bits per heavy atom. The van der Waals surface area contributed by atoms with Gasteiger partial charge in [-0.15, -0.1) is 0 Å². The average Bonchev–Trinajstić information content (AvgIpc) is 2.11. The van der Waals surface area contributed by atoms with E-state index in [1.54, 1.807) is 0 Å². The number of carbonyl (C=O) groups excluding carboxylic acids is 1. The van der Waals surface area contributed by atoms with E-state index in [4.69, 9.17) is 4.43 Å². The molecule has 0 aliphatic rings. The Balaban J connectivity index is 2.97. The first kappa shape index (κ1) is 16.0. The van der Waals surface area contributed by atoms with Crippen molar-refractivity contribution in [1.29, 1.82) is 0 Å². The molecule has 0 spiro atoms. The lowest BCUT2D eigenvalue weighted by molar-refractivity contribution is 0.112. The highest BCUT2D eigenvalue weighted by molar-refractivity contribution is 6.72. The fourth-order valence-corrected chi connectivity index (χ4v) is 6.19. The van der Waals surface area contributed by atoms with E-state index in [2.05, 4.69) is 33.9 Å². The van der Waals surface area contributed by atoms with E-state index in [1.807, 2.05) is 26.0 Å². The molecule has 0 saturated carbocycles. The lowest BCUT2D eigenvalue weighted by Gasteiger charge is -2.31. The Bertz CT molecular complexity index is 447. The summed E-state index contributed by atoms with van der Waals surface area (Å²) in [6, 6.07) is 5.07. The smallest absolute Gasteiger partial charge is 0.245 e. The third kappa shape index (κ3) is 4.82. The molecule has 0 aliphatic heterocycles. The number of benzene rings is 1. The molecule has 3 heteroatoms.